The van der Waals surface area contributed by atoms with Crippen LogP contribution in [0.4, 0.5) is 0 Å². The van der Waals surface area contributed by atoms with Gasteiger partial charge in [0.2, 0.25) is 0 Å². The summed E-state index contributed by atoms with van der Waals surface area (Å²) in [6.45, 7) is 4.61. The number of carbonyl (C=O) groups is 1. The number of fused-ring (bicyclic) bond motifs is 1. The Labute approximate surface area is 180 Å². The Morgan fingerprint density at radius 1 is 1.23 bits per heavy atom. The maximum Gasteiger partial charge on any atom is 0.313 e. The minimum atomic E-state index is -0.766. The van der Waals surface area contributed by atoms with E-state index in [1.165, 1.54) is 16.9 Å². The number of benzene rings is 1. The van der Waals surface area contributed by atoms with Crippen molar-refractivity contribution in [3.63, 3.8) is 0 Å². The number of ether oxygens (including phenoxy) is 1. The van der Waals surface area contributed by atoms with Crippen molar-refractivity contribution in [2.75, 3.05) is 6.61 Å². The molecule has 1 atom stereocenters. The number of carboxylic acids is 1. The van der Waals surface area contributed by atoms with E-state index in [1.54, 1.807) is 12.7 Å². The van der Waals surface area contributed by atoms with Crippen molar-refractivity contribution in [2.45, 2.75) is 58.4 Å². The molecule has 1 saturated carbocycles. The largest absolute Gasteiger partial charge is 0.481 e. The van der Waals surface area contributed by atoms with Gasteiger partial charge in [0, 0.05) is 0 Å². The maximum atomic E-state index is 11.8. The Kier molecular flexibility index (Phi) is 6.04. The van der Waals surface area contributed by atoms with Gasteiger partial charge in [0.05, 0.1) is 16.3 Å². The lowest BCUT2D eigenvalue weighted by Gasteiger charge is -2.26. The summed E-state index contributed by atoms with van der Waals surface area (Å²) in [5.74, 6) is -0.287. The van der Waals surface area contributed by atoms with Crippen LogP contribution in [0.15, 0.2) is 30.9 Å². The van der Waals surface area contributed by atoms with Gasteiger partial charge in [-0.3, -0.25) is 4.79 Å². The Bertz CT molecular complexity index is 991. The van der Waals surface area contributed by atoms with E-state index in [0.29, 0.717) is 24.0 Å². The zero-order valence-corrected chi connectivity index (χ0v) is 18.3. The van der Waals surface area contributed by atoms with Gasteiger partial charge in [0.1, 0.15) is 24.7 Å². The van der Waals surface area contributed by atoms with Crippen LogP contribution in [0.25, 0.3) is 10.2 Å². The van der Waals surface area contributed by atoms with Crippen molar-refractivity contribution in [3.05, 3.63) is 36.4 Å². The SMILES string of the molecule is CCC(CC)C(c1ccc2nc(OCC3(C(=O)O)CCCC3)sc2c1)n1cnnc1. The number of aliphatic carboxylic acids is 1. The number of carboxylic acid groups (broad SMARTS) is 1. The summed E-state index contributed by atoms with van der Waals surface area (Å²) < 4.78 is 9.02. The average molecular weight is 429 g/mol. The van der Waals surface area contributed by atoms with E-state index in [2.05, 4.69) is 45.7 Å². The van der Waals surface area contributed by atoms with Crippen LogP contribution >= 0.6 is 11.3 Å². The molecule has 1 fully saturated rings. The van der Waals surface area contributed by atoms with Gasteiger partial charge in [-0.25, -0.2) is 4.98 Å². The molecule has 0 spiro atoms. The number of thiazole rings is 1. The van der Waals surface area contributed by atoms with Crippen molar-refractivity contribution in [3.8, 4) is 5.19 Å². The smallest absolute Gasteiger partial charge is 0.313 e. The summed E-state index contributed by atoms with van der Waals surface area (Å²) in [6, 6.07) is 6.48. The van der Waals surface area contributed by atoms with Crippen molar-refractivity contribution >= 4 is 27.5 Å². The lowest BCUT2D eigenvalue weighted by Crippen LogP contribution is -2.34. The van der Waals surface area contributed by atoms with Gasteiger partial charge in [0.25, 0.3) is 5.19 Å². The van der Waals surface area contributed by atoms with Crippen molar-refractivity contribution in [1.82, 2.24) is 19.7 Å². The molecule has 30 heavy (non-hydrogen) atoms. The molecule has 0 aliphatic heterocycles. The molecule has 3 aromatic rings. The highest BCUT2D eigenvalue weighted by molar-refractivity contribution is 7.20. The third-order valence-electron chi connectivity index (χ3n) is 6.47. The Morgan fingerprint density at radius 2 is 1.93 bits per heavy atom. The van der Waals surface area contributed by atoms with E-state index < -0.39 is 11.4 Å². The van der Waals surface area contributed by atoms with Gasteiger partial charge >= 0.3 is 5.97 Å². The maximum absolute atomic E-state index is 11.8. The number of hydrogen-bond donors (Lipinski definition) is 1. The molecular weight excluding hydrogens is 400 g/mol. The first-order valence-electron chi connectivity index (χ1n) is 10.7. The molecule has 160 valence electrons. The monoisotopic (exact) mass is 428 g/mol. The molecule has 4 rings (SSSR count). The van der Waals surface area contributed by atoms with Gasteiger partial charge in [-0.2, -0.15) is 0 Å². The molecule has 0 saturated heterocycles. The molecule has 1 unspecified atom stereocenters. The molecule has 1 aromatic carbocycles. The zero-order chi connectivity index (χ0) is 21.1. The third kappa shape index (κ3) is 3.93. The fourth-order valence-electron chi connectivity index (χ4n) is 4.61. The van der Waals surface area contributed by atoms with Crippen LogP contribution in [-0.4, -0.2) is 37.4 Å². The molecule has 0 bridgehead atoms. The minimum absolute atomic E-state index is 0.166. The van der Waals surface area contributed by atoms with Crippen LogP contribution < -0.4 is 4.74 Å². The second-order valence-electron chi connectivity index (χ2n) is 8.22. The Balaban J connectivity index is 1.59. The van der Waals surface area contributed by atoms with Crippen LogP contribution in [0, 0.1) is 11.3 Å². The van der Waals surface area contributed by atoms with Gasteiger partial charge < -0.3 is 14.4 Å². The molecule has 7 nitrogen and oxygen atoms in total. The highest BCUT2D eigenvalue weighted by atomic mass is 32.1. The summed E-state index contributed by atoms with van der Waals surface area (Å²) in [5, 5.41) is 18.2. The van der Waals surface area contributed by atoms with E-state index >= 15 is 0 Å². The fourth-order valence-corrected chi connectivity index (χ4v) is 5.48. The van der Waals surface area contributed by atoms with Crippen LogP contribution in [0.1, 0.15) is 64.0 Å². The first-order chi connectivity index (χ1) is 14.6. The first-order valence-corrected chi connectivity index (χ1v) is 11.5. The van der Waals surface area contributed by atoms with Gasteiger partial charge in [-0.1, -0.05) is 56.9 Å². The second-order valence-corrected chi connectivity index (χ2v) is 9.21. The molecule has 1 N–H and O–H groups in total. The summed E-state index contributed by atoms with van der Waals surface area (Å²) in [4.78, 5) is 16.3. The highest BCUT2D eigenvalue weighted by Gasteiger charge is 2.42. The van der Waals surface area contributed by atoms with Gasteiger partial charge in [0.15, 0.2) is 0 Å². The highest BCUT2D eigenvalue weighted by Crippen LogP contribution is 2.40. The second kappa shape index (κ2) is 8.71. The lowest BCUT2D eigenvalue weighted by atomic mass is 9.87. The average Bonchev–Trinajstić information content (AvgIpc) is 3.50. The zero-order valence-electron chi connectivity index (χ0n) is 17.5. The predicted molar refractivity (Wildman–Crippen MR) is 116 cm³/mol. The van der Waals surface area contributed by atoms with Crippen LogP contribution in [0.3, 0.4) is 0 Å². The molecule has 8 heteroatoms. The molecule has 1 aliphatic rings. The standard InChI is InChI=1S/C22H28N4O3S/c1-3-15(4-2)19(26-13-23-24-14-26)16-7-8-17-18(11-16)30-21(25-17)29-12-22(20(27)28)9-5-6-10-22/h7-8,11,13-15,19H,3-6,9-10,12H2,1-2H3,(H,27,28). The van der Waals surface area contributed by atoms with Crippen LogP contribution in [0.5, 0.6) is 5.19 Å². The quantitative estimate of drug-likeness (QED) is 0.519. The first kappa shape index (κ1) is 20.8. The third-order valence-corrected chi connectivity index (χ3v) is 7.40. The topological polar surface area (TPSA) is 90.1 Å². The molecule has 0 amide bonds. The van der Waals surface area contributed by atoms with Gasteiger partial charge in [-0.05, 0) is 36.5 Å². The van der Waals surface area contributed by atoms with Crippen LogP contribution in [-0.2, 0) is 4.79 Å². The number of rotatable bonds is 9. The normalized spacial score (nSPS) is 16.9. The summed E-state index contributed by atoms with van der Waals surface area (Å²) >= 11 is 1.48. The van der Waals surface area contributed by atoms with E-state index in [-0.39, 0.29) is 12.6 Å². The Hall–Kier alpha value is -2.48. The van der Waals surface area contributed by atoms with E-state index in [1.807, 2.05) is 6.07 Å². The number of nitrogens with zero attached hydrogens (tertiary/aromatic N) is 4. The van der Waals surface area contributed by atoms with Crippen molar-refractivity contribution in [2.24, 2.45) is 11.3 Å². The number of hydrogen-bond acceptors (Lipinski definition) is 6. The molecule has 2 heterocycles. The van der Waals surface area contributed by atoms with Gasteiger partial charge in [-0.15, -0.1) is 10.2 Å². The molecule has 0 radical (unpaired) electrons. The Morgan fingerprint density at radius 3 is 2.57 bits per heavy atom. The fraction of sp³-hybridized carbons (Fsp3) is 0.545. The minimum Gasteiger partial charge on any atom is -0.481 e. The molecular formula is C22H28N4O3S. The lowest BCUT2D eigenvalue weighted by molar-refractivity contribution is -0.150. The van der Waals surface area contributed by atoms with Crippen LogP contribution in [0.2, 0.25) is 0 Å². The van der Waals surface area contributed by atoms with Crippen molar-refractivity contribution in [1.29, 1.82) is 0 Å². The number of aromatic nitrogens is 4. The summed E-state index contributed by atoms with van der Waals surface area (Å²) in [5.41, 5.74) is 1.31. The molecule has 2 aromatic heterocycles. The predicted octanol–water partition coefficient (Wildman–Crippen LogP) is 4.94. The summed E-state index contributed by atoms with van der Waals surface area (Å²) in [6.07, 6.45) is 8.92. The summed E-state index contributed by atoms with van der Waals surface area (Å²) in [7, 11) is 0. The molecule has 1 aliphatic carbocycles. The van der Waals surface area contributed by atoms with E-state index in [9.17, 15) is 9.90 Å². The van der Waals surface area contributed by atoms with E-state index in [4.69, 9.17) is 4.74 Å². The van der Waals surface area contributed by atoms with Crippen molar-refractivity contribution < 1.29 is 14.6 Å². The van der Waals surface area contributed by atoms with E-state index in [0.717, 1.165) is 35.9 Å².